The highest BCUT2D eigenvalue weighted by molar-refractivity contribution is 5.87. The van der Waals surface area contributed by atoms with E-state index >= 15 is 0 Å². The first-order valence-electron chi connectivity index (χ1n) is 8.74. The van der Waals surface area contributed by atoms with E-state index in [1.165, 1.54) is 0 Å². The Morgan fingerprint density at radius 2 is 1.21 bits per heavy atom. The van der Waals surface area contributed by atoms with E-state index in [-0.39, 0.29) is 5.92 Å². The summed E-state index contributed by atoms with van der Waals surface area (Å²) in [6.45, 7) is 7.09. The second-order valence-electron chi connectivity index (χ2n) is 6.09. The zero-order valence-corrected chi connectivity index (χ0v) is 16.1. The Bertz CT molecular complexity index is 648. The summed E-state index contributed by atoms with van der Waals surface area (Å²) in [6.07, 6.45) is 1.22. The molecule has 2 rings (SSSR count). The van der Waals surface area contributed by atoms with Gasteiger partial charge in [0.1, 0.15) is 0 Å². The minimum atomic E-state index is -0.879. The molecule has 0 amide bonds. The van der Waals surface area contributed by atoms with Gasteiger partial charge < -0.3 is 20.4 Å². The molecule has 0 aliphatic rings. The van der Waals surface area contributed by atoms with Crippen LogP contribution in [0.1, 0.15) is 41.0 Å². The molecule has 0 spiro atoms. The molecular formula is C22H28O6. The third-order valence-electron chi connectivity index (χ3n) is 3.60. The van der Waals surface area contributed by atoms with Crippen molar-refractivity contribution in [2.24, 2.45) is 5.92 Å². The minimum Gasteiger partial charge on any atom is -0.478 e. The second kappa shape index (κ2) is 14.1. The molecule has 0 aliphatic carbocycles. The highest BCUT2D eigenvalue weighted by Crippen LogP contribution is 2.09. The molecule has 0 heterocycles. The second-order valence-corrected chi connectivity index (χ2v) is 6.09. The van der Waals surface area contributed by atoms with E-state index in [1.807, 2.05) is 6.92 Å². The number of aromatic carboxylic acids is 2. The summed E-state index contributed by atoms with van der Waals surface area (Å²) in [5, 5.41) is 34.9. The lowest BCUT2D eigenvalue weighted by atomic mass is 10.0. The zero-order chi connectivity index (χ0) is 21.5. The molecule has 3 atom stereocenters. The van der Waals surface area contributed by atoms with Crippen molar-refractivity contribution < 1.29 is 30.0 Å². The normalized spacial score (nSPS) is 12.7. The summed E-state index contributed by atoms with van der Waals surface area (Å²) in [4.78, 5) is 20.4. The summed E-state index contributed by atoms with van der Waals surface area (Å²) in [5.41, 5.74) is 0.662. The molecule has 3 unspecified atom stereocenters. The number of carboxylic acids is 2. The van der Waals surface area contributed by atoms with Crippen molar-refractivity contribution in [1.82, 2.24) is 0 Å². The van der Waals surface area contributed by atoms with Crippen LogP contribution in [0.4, 0.5) is 0 Å². The average molecular weight is 388 g/mol. The Hall–Kier alpha value is -2.96. The van der Waals surface area contributed by atoms with Crippen LogP contribution in [-0.2, 0) is 0 Å². The van der Waals surface area contributed by atoms with Gasteiger partial charge in [0.15, 0.2) is 0 Å². The SMILES string of the molecule is C=CC(C)C(O)CC(C)O.O=C(O)c1ccccc1.O=C(O)c1ccccc1. The van der Waals surface area contributed by atoms with Gasteiger partial charge in [0.25, 0.3) is 0 Å². The number of aliphatic hydroxyl groups excluding tert-OH is 2. The number of carboxylic acid groups (broad SMARTS) is 2. The van der Waals surface area contributed by atoms with Gasteiger partial charge in [0.2, 0.25) is 0 Å². The van der Waals surface area contributed by atoms with Crippen LogP contribution in [0, 0.1) is 5.92 Å². The van der Waals surface area contributed by atoms with Gasteiger partial charge in [-0.25, -0.2) is 9.59 Å². The first kappa shape index (κ1) is 25.0. The van der Waals surface area contributed by atoms with Crippen molar-refractivity contribution in [1.29, 1.82) is 0 Å². The Morgan fingerprint density at radius 1 is 0.857 bits per heavy atom. The van der Waals surface area contributed by atoms with Crippen LogP contribution >= 0.6 is 0 Å². The number of hydrogen-bond acceptors (Lipinski definition) is 4. The Kier molecular flexibility index (Phi) is 12.6. The Labute approximate surface area is 165 Å². The van der Waals surface area contributed by atoms with Gasteiger partial charge in [0, 0.05) is 0 Å². The summed E-state index contributed by atoms with van der Waals surface area (Å²) in [7, 11) is 0. The van der Waals surface area contributed by atoms with Crippen LogP contribution in [0.3, 0.4) is 0 Å². The monoisotopic (exact) mass is 388 g/mol. The van der Waals surface area contributed by atoms with Crippen molar-refractivity contribution in [2.45, 2.75) is 32.5 Å². The van der Waals surface area contributed by atoms with Gasteiger partial charge in [-0.2, -0.15) is 0 Å². The lowest BCUT2D eigenvalue weighted by molar-refractivity contribution is 0.0684. The largest absolute Gasteiger partial charge is 0.478 e. The van der Waals surface area contributed by atoms with Crippen molar-refractivity contribution in [2.75, 3.05) is 0 Å². The standard InChI is InChI=1S/C8H16O2.2C7H6O2/c1-4-6(2)8(10)5-7(3)9;2*8-7(9)6-4-2-1-3-5-6/h4,6-10H,1,5H2,2-3H3;2*1-5H,(H,8,9). The predicted molar refractivity (Wildman–Crippen MR) is 108 cm³/mol. The molecule has 0 bridgehead atoms. The molecular weight excluding hydrogens is 360 g/mol. The van der Waals surface area contributed by atoms with Crippen molar-refractivity contribution in [3.8, 4) is 0 Å². The van der Waals surface area contributed by atoms with Gasteiger partial charge in [-0.3, -0.25) is 0 Å². The third-order valence-corrected chi connectivity index (χ3v) is 3.60. The molecule has 2 aromatic rings. The molecule has 2 aromatic carbocycles. The molecule has 0 radical (unpaired) electrons. The topological polar surface area (TPSA) is 115 Å². The van der Waals surface area contributed by atoms with Crippen molar-refractivity contribution in [3.05, 3.63) is 84.4 Å². The van der Waals surface area contributed by atoms with Crippen LogP contribution < -0.4 is 0 Å². The quantitative estimate of drug-likeness (QED) is 0.561. The fraction of sp³-hybridized carbons (Fsp3) is 0.273. The lowest BCUT2D eigenvalue weighted by Gasteiger charge is -2.16. The van der Waals surface area contributed by atoms with Gasteiger partial charge in [-0.15, -0.1) is 6.58 Å². The number of rotatable bonds is 6. The van der Waals surface area contributed by atoms with E-state index in [4.69, 9.17) is 15.3 Å². The van der Waals surface area contributed by atoms with Crippen LogP contribution in [0.5, 0.6) is 0 Å². The third kappa shape index (κ3) is 11.6. The molecule has 0 aromatic heterocycles. The highest BCUT2D eigenvalue weighted by atomic mass is 16.4. The van der Waals surface area contributed by atoms with Gasteiger partial charge in [-0.1, -0.05) is 49.4 Å². The number of aliphatic hydroxyl groups is 2. The predicted octanol–water partition coefficient (Wildman–Crippen LogP) is 3.71. The summed E-state index contributed by atoms with van der Waals surface area (Å²) in [5.74, 6) is -1.69. The van der Waals surface area contributed by atoms with Crippen LogP contribution in [0.2, 0.25) is 0 Å². The molecule has 0 saturated carbocycles. The van der Waals surface area contributed by atoms with Crippen LogP contribution in [0.25, 0.3) is 0 Å². The molecule has 0 saturated heterocycles. The molecule has 28 heavy (non-hydrogen) atoms. The maximum absolute atomic E-state index is 10.2. The molecule has 4 N–H and O–H groups in total. The first-order chi connectivity index (χ1) is 13.2. The van der Waals surface area contributed by atoms with E-state index in [2.05, 4.69) is 6.58 Å². The molecule has 0 fully saturated rings. The van der Waals surface area contributed by atoms with Crippen LogP contribution in [0.15, 0.2) is 73.3 Å². The maximum atomic E-state index is 10.2. The zero-order valence-electron chi connectivity index (χ0n) is 16.1. The van der Waals surface area contributed by atoms with Crippen molar-refractivity contribution >= 4 is 11.9 Å². The highest BCUT2D eigenvalue weighted by Gasteiger charge is 2.12. The van der Waals surface area contributed by atoms with Crippen LogP contribution in [-0.4, -0.2) is 44.6 Å². The van der Waals surface area contributed by atoms with Crippen molar-refractivity contribution in [3.63, 3.8) is 0 Å². The molecule has 6 heteroatoms. The minimum absolute atomic E-state index is 0.0644. The molecule has 152 valence electrons. The first-order valence-corrected chi connectivity index (χ1v) is 8.74. The number of benzene rings is 2. The van der Waals surface area contributed by atoms with E-state index in [0.717, 1.165) is 0 Å². The fourth-order valence-corrected chi connectivity index (χ4v) is 1.88. The van der Waals surface area contributed by atoms with Gasteiger partial charge in [0.05, 0.1) is 23.3 Å². The van der Waals surface area contributed by atoms with Gasteiger partial charge >= 0.3 is 11.9 Å². The number of carbonyl (C=O) groups is 2. The summed E-state index contributed by atoms with van der Waals surface area (Å²) in [6, 6.07) is 16.6. The Morgan fingerprint density at radius 3 is 1.43 bits per heavy atom. The smallest absolute Gasteiger partial charge is 0.335 e. The maximum Gasteiger partial charge on any atom is 0.335 e. The summed E-state index contributed by atoms with van der Waals surface area (Å²) >= 11 is 0. The van der Waals surface area contributed by atoms with E-state index in [1.54, 1.807) is 73.7 Å². The van der Waals surface area contributed by atoms with E-state index in [0.29, 0.717) is 17.5 Å². The lowest BCUT2D eigenvalue weighted by Crippen LogP contribution is -2.20. The number of hydrogen-bond donors (Lipinski definition) is 4. The Balaban J connectivity index is 0.000000391. The average Bonchev–Trinajstić information content (AvgIpc) is 2.69. The molecule has 0 aliphatic heterocycles. The van der Waals surface area contributed by atoms with E-state index in [9.17, 15) is 14.7 Å². The van der Waals surface area contributed by atoms with Gasteiger partial charge in [-0.05, 0) is 43.5 Å². The summed E-state index contributed by atoms with van der Waals surface area (Å²) < 4.78 is 0. The van der Waals surface area contributed by atoms with E-state index < -0.39 is 24.1 Å². The molecule has 6 nitrogen and oxygen atoms in total. The fourth-order valence-electron chi connectivity index (χ4n) is 1.88.